The van der Waals surface area contributed by atoms with Gasteiger partial charge in [0.2, 0.25) is 0 Å². The normalized spacial score (nSPS) is 23.7. The molecule has 4 aromatic heterocycles. The average molecular weight is 823 g/mol. The van der Waals surface area contributed by atoms with Gasteiger partial charge in [-0.25, -0.2) is 18.7 Å². The van der Waals surface area contributed by atoms with Crippen molar-refractivity contribution in [3.8, 4) is 12.1 Å². The van der Waals surface area contributed by atoms with E-state index in [4.69, 9.17) is 9.47 Å². The maximum absolute atomic E-state index is 14.9. The third kappa shape index (κ3) is 9.88. The number of morpholine rings is 2. The second-order valence-electron chi connectivity index (χ2n) is 16.5. The van der Waals surface area contributed by atoms with E-state index in [2.05, 4.69) is 42.7 Å². The number of anilines is 2. The fraction of sp³-hybridized carbons (Fsp3) is 0.545. The number of hydrogen-bond donors (Lipinski definition) is 2. The Morgan fingerprint density at radius 2 is 1.08 bits per heavy atom. The summed E-state index contributed by atoms with van der Waals surface area (Å²) in [5, 5.41) is 25.8. The number of rotatable bonds is 8. The van der Waals surface area contributed by atoms with Crippen molar-refractivity contribution in [1.29, 1.82) is 10.5 Å². The summed E-state index contributed by atoms with van der Waals surface area (Å²) >= 11 is 0. The largest absolute Gasteiger partial charge is 0.364 e. The number of fused-ring (bicyclic) bond motifs is 2. The molecule has 4 fully saturated rings. The summed E-state index contributed by atoms with van der Waals surface area (Å²) in [6.07, 6.45) is 12.3. The van der Waals surface area contributed by atoms with Gasteiger partial charge in [-0.3, -0.25) is 19.6 Å². The number of carbonyl (C=O) groups excluding carboxylic acids is 2. The predicted molar refractivity (Wildman–Crippen MR) is 221 cm³/mol. The van der Waals surface area contributed by atoms with Crippen LogP contribution >= 0.6 is 0 Å². The number of aromatic nitrogens is 4. The van der Waals surface area contributed by atoms with E-state index in [1.807, 2.05) is 47.9 Å². The Balaban J connectivity index is 0.000000181. The first-order valence-electron chi connectivity index (χ1n) is 21.0. The summed E-state index contributed by atoms with van der Waals surface area (Å²) in [4.78, 5) is 46.7. The van der Waals surface area contributed by atoms with Gasteiger partial charge >= 0.3 is 0 Å². The zero-order chi connectivity index (χ0) is 42.3. The van der Waals surface area contributed by atoms with Crippen molar-refractivity contribution in [2.45, 2.75) is 114 Å². The van der Waals surface area contributed by atoms with Gasteiger partial charge < -0.3 is 29.9 Å². The van der Waals surface area contributed by atoms with Crippen LogP contribution in [-0.4, -0.2) is 107 Å². The van der Waals surface area contributed by atoms with Crippen LogP contribution in [0, 0.1) is 22.7 Å². The van der Waals surface area contributed by atoms with Crippen LogP contribution in [0.5, 0.6) is 0 Å². The fourth-order valence-electron chi connectivity index (χ4n) is 8.81. The SMILES string of the molecule is CC1CN(c2cnc(C#N)c3ncccc23)CC(C(=O)NCC2(F)CCCCC2)O1.CC1CN(c2cnc(C#N)c3ncccc23)CC(C(=O)NCC2(F)CCCCC2)O1. The van der Waals surface area contributed by atoms with Crippen LogP contribution in [0.3, 0.4) is 0 Å². The molecule has 60 heavy (non-hydrogen) atoms. The second kappa shape index (κ2) is 18.8. The van der Waals surface area contributed by atoms with E-state index in [9.17, 15) is 28.9 Å². The van der Waals surface area contributed by atoms with Gasteiger partial charge in [0.1, 0.15) is 34.5 Å². The Morgan fingerprint density at radius 3 is 1.47 bits per heavy atom. The highest BCUT2D eigenvalue weighted by molar-refractivity contribution is 5.95. The van der Waals surface area contributed by atoms with Crippen molar-refractivity contribution in [3.63, 3.8) is 0 Å². The Kier molecular flexibility index (Phi) is 13.3. The number of halogens is 2. The van der Waals surface area contributed by atoms with Crippen LogP contribution in [-0.2, 0) is 19.1 Å². The lowest BCUT2D eigenvalue weighted by atomic mass is 9.86. The molecular formula is C44H52F2N10O4. The van der Waals surface area contributed by atoms with Crippen molar-refractivity contribution in [1.82, 2.24) is 30.6 Å². The number of amides is 2. The first-order chi connectivity index (χ1) is 29.0. The van der Waals surface area contributed by atoms with Gasteiger partial charge in [0, 0.05) is 36.3 Å². The monoisotopic (exact) mass is 822 g/mol. The van der Waals surface area contributed by atoms with Crippen LogP contribution in [0.25, 0.3) is 21.8 Å². The van der Waals surface area contributed by atoms with Crippen LogP contribution < -0.4 is 20.4 Å². The molecular weight excluding hydrogens is 771 g/mol. The summed E-state index contributed by atoms with van der Waals surface area (Å²) in [7, 11) is 0. The molecule has 4 aromatic rings. The van der Waals surface area contributed by atoms with E-state index in [0.29, 0.717) is 62.9 Å². The number of ether oxygens (including phenoxy) is 2. The van der Waals surface area contributed by atoms with Crippen molar-refractivity contribution in [2.75, 3.05) is 49.1 Å². The van der Waals surface area contributed by atoms with E-state index in [-0.39, 0.29) is 48.5 Å². The van der Waals surface area contributed by atoms with Gasteiger partial charge in [-0.1, -0.05) is 38.5 Å². The molecule has 316 valence electrons. The molecule has 16 heteroatoms. The Hall–Kier alpha value is -5.58. The first kappa shape index (κ1) is 42.5. The van der Waals surface area contributed by atoms with E-state index in [1.54, 1.807) is 24.8 Å². The Labute approximate surface area is 348 Å². The predicted octanol–water partition coefficient (Wildman–Crippen LogP) is 5.77. The van der Waals surface area contributed by atoms with Gasteiger partial charge in [0.25, 0.3) is 11.8 Å². The minimum atomic E-state index is -1.31. The van der Waals surface area contributed by atoms with Crippen LogP contribution in [0.1, 0.15) is 89.4 Å². The number of alkyl halides is 2. The maximum Gasteiger partial charge on any atom is 0.251 e. The third-order valence-electron chi connectivity index (χ3n) is 11.9. The summed E-state index contributed by atoms with van der Waals surface area (Å²) in [5.41, 5.74) is 0.595. The minimum absolute atomic E-state index is 0.0331. The minimum Gasteiger partial charge on any atom is -0.364 e. The van der Waals surface area contributed by atoms with E-state index in [0.717, 1.165) is 60.7 Å². The summed E-state index contributed by atoms with van der Waals surface area (Å²) in [6, 6.07) is 11.6. The number of hydrogen-bond acceptors (Lipinski definition) is 12. The zero-order valence-electron chi connectivity index (χ0n) is 34.2. The molecule has 4 unspecified atom stereocenters. The van der Waals surface area contributed by atoms with Gasteiger partial charge in [0.15, 0.2) is 23.6 Å². The Bertz CT molecular complexity index is 2100. The third-order valence-corrected chi connectivity index (χ3v) is 11.9. The molecule has 2 saturated carbocycles. The summed E-state index contributed by atoms with van der Waals surface area (Å²) < 4.78 is 41.4. The van der Waals surface area contributed by atoms with E-state index >= 15 is 0 Å². The molecule has 0 aromatic carbocycles. The molecule has 0 bridgehead atoms. The van der Waals surface area contributed by atoms with Crippen molar-refractivity contribution >= 4 is 45.0 Å². The molecule has 6 heterocycles. The smallest absolute Gasteiger partial charge is 0.251 e. The molecule has 2 amide bonds. The molecule has 4 aliphatic rings. The molecule has 2 aliphatic carbocycles. The van der Waals surface area contributed by atoms with Crippen LogP contribution in [0.4, 0.5) is 20.2 Å². The van der Waals surface area contributed by atoms with Crippen molar-refractivity contribution in [2.24, 2.45) is 0 Å². The highest BCUT2D eigenvalue weighted by Gasteiger charge is 2.37. The first-order valence-corrected chi connectivity index (χ1v) is 21.0. The Morgan fingerprint density at radius 1 is 0.683 bits per heavy atom. The molecule has 4 atom stereocenters. The molecule has 14 nitrogen and oxygen atoms in total. The van der Waals surface area contributed by atoms with Gasteiger partial charge in [-0.15, -0.1) is 0 Å². The van der Waals surface area contributed by atoms with Crippen molar-refractivity contribution < 1.29 is 27.8 Å². The van der Waals surface area contributed by atoms with Gasteiger partial charge in [-0.05, 0) is 63.8 Å². The van der Waals surface area contributed by atoms with Crippen molar-refractivity contribution in [3.05, 3.63) is 60.4 Å². The van der Waals surface area contributed by atoms with Crippen LogP contribution in [0.2, 0.25) is 0 Å². The number of pyridine rings is 4. The number of nitrogens with one attached hydrogen (secondary N) is 2. The quantitative estimate of drug-likeness (QED) is 0.219. The lowest BCUT2D eigenvalue weighted by molar-refractivity contribution is -0.138. The standard InChI is InChI=1S/2C22H26FN5O2/c2*1-15-12-28(18-11-26-17(10-24)20-16(18)6-5-9-25-20)13-19(30-15)21(29)27-14-22(23)7-3-2-4-8-22/h2*5-6,9,11,15,19H,2-4,7-8,12-14H2,1H3,(H,27,29). The molecule has 0 spiro atoms. The molecule has 0 radical (unpaired) electrons. The number of carbonyl (C=O) groups is 2. The molecule has 2 aliphatic heterocycles. The zero-order valence-corrected chi connectivity index (χ0v) is 34.2. The van der Waals surface area contributed by atoms with E-state index in [1.165, 1.54) is 0 Å². The number of nitriles is 2. The van der Waals surface area contributed by atoms with Crippen LogP contribution in [0.15, 0.2) is 49.1 Å². The molecule has 2 N–H and O–H groups in total. The summed E-state index contributed by atoms with van der Waals surface area (Å²) in [5.74, 6) is -0.587. The maximum atomic E-state index is 14.9. The fourth-order valence-corrected chi connectivity index (χ4v) is 8.81. The molecule has 8 rings (SSSR count). The van der Waals surface area contributed by atoms with Gasteiger partial charge in [0.05, 0.1) is 62.2 Å². The highest BCUT2D eigenvalue weighted by Crippen LogP contribution is 2.34. The second-order valence-corrected chi connectivity index (χ2v) is 16.5. The number of nitrogens with zero attached hydrogens (tertiary/aromatic N) is 8. The lowest BCUT2D eigenvalue weighted by Gasteiger charge is -2.38. The highest BCUT2D eigenvalue weighted by atomic mass is 19.1. The average Bonchev–Trinajstić information content (AvgIpc) is 3.27. The summed E-state index contributed by atoms with van der Waals surface area (Å²) in [6.45, 7) is 5.68. The molecule has 2 saturated heterocycles. The van der Waals surface area contributed by atoms with E-state index < -0.39 is 23.5 Å². The topological polar surface area (TPSA) is 182 Å². The van der Waals surface area contributed by atoms with Gasteiger partial charge in [-0.2, -0.15) is 10.5 Å². The lowest BCUT2D eigenvalue weighted by Crippen LogP contribution is -2.54.